The second kappa shape index (κ2) is 4.55. The van der Waals surface area contributed by atoms with Gasteiger partial charge in [-0.3, -0.25) is 9.59 Å². The van der Waals surface area contributed by atoms with Crippen molar-refractivity contribution in [1.82, 2.24) is 0 Å². The number of Topliss-reactive ketones (excluding diaryl/α,β-unsaturated/α-hetero) is 1. The van der Waals surface area contributed by atoms with Crippen LogP contribution in [0.2, 0.25) is 0 Å². The lowest BCUT2D eigenvalue weighted by atomic mass is 10.00. The fraction of sp³-hybridized carbons (Fsp3) is 0.167. The normalized spacial score (nSPS) is 12.3. The highest BCUT2D eigenvalue weighted by molar-refractivity contribution is 7.12. The molecule has 1 N–H and O–H groups in total. The van der Waals surface area contributed by atoms with E-state index in [0.717, 1.165) is 5.56 Å². The Labute approximate surface area is 102 Å². The van der Waals surface area contributed by atoms with E-state index in [1.165, 1.54) is 23.7 Å². The molecule has 0 fully saturated rings. The molecule has 0 amide bonds. The van der Waals surface area contributed by atoms with E-state index in [2.05, 4.69) is 0 Å². The van der Waals surface area contributed by atoms with Crippen LogP contribution in [0.5, 0.6) is 0 Å². The van der Waals surface area contributed by atoms with E-state index < -0.39 is 17.7 Å². The van der Waals surface area contributed by atoms with Crippen LogP contribution in [-0.2, 0) is 4.79 Å². The molecule has 0 saturated carbocycles. The van der Waals surface area contributed by atoms with E-state index >= 15 is 0 Å². The van der Waals surface area contributed by atoms with Gasteiger partial charge in [0.25, 0.3) is 0 Å². The quantitative estimate of drug-likeness (QED) is 0.669. The minimum absolute atomic E-state index is 0.161. The number of rotatable bonds is 4. The molecule has 2 rings (SSSR count). The Morgan fingerprint density at radius 1 is 1.47 bits per heavy atom. The van der Waals surface area contributed by atoms with E-state index in [-0.39, 0.29) is 5.76 Å². The Bertz CT molecular complexity index is 539. The second-order valence-corrected chi connectivity index (χ2v) is 4.55. The van der Waals surface area contributed by atoms with Gasteiger partial charge >= 0.3 is 5.97 Å². The SMILES string of the molecule is Cc1csc(C(=O)C(C(=O)O)c2ccco2)c1. The molecule has 0 aliphatic heterocycles. The molecule has 1 unspecified atom stereocenters. The van der Waals surface area contributed by atoms with E-state index in [1.54, 1.807) is 12.1 Å². The maximum Gasteiger partial charge on any atom is 0.322 e. The van der Waals surface area contributed by atoms with Gasteiger partial charge in [-0.2, -0.15) is 0 Å². The van der Waals surface area contributed by atoms with Gasteiger partial charge in [-0.25, -0.2) is 0 Å². The summed E-state index contributed by atoms with van der Waals surface area (Å²) in [6.07, 6.45) is 1.36. The molecule has 0 bridgehead atoms. The standard InChI is InChI=1S/C12H10O4S/c1-7-5-9(17-6-7)11(13)10(12(14)15)8-3-2-4-16-8/h2-6,10H,1H3,(H,14,15). The molecule has 88 valence electrons. The fourth-order valence-electron chi connectivity index (χ4n) is 1.52. The second-order valence-electron chi connectivity index (χ2n) is 3.64. The molecule has 0 aliphatic rings. The summed E-state index contributed by atoms with van der Waals surface area (Å²) in [4.78, 5) is 23.6. The van der Waals surface area contributed by atoms with Gasteiger partial charge < -0.3 is 9.52 Å². The molecule has 0 radical (unpaired) electrons. The number of carboxylic acids is 1. The van der Waals surface area contributed by atoms with Crippen molar-refractivity contribution in [3.05, 3.63) is 46.0 Å². The third kappa shape index (κ3) is 2.29. The van der Waals surface area contributed by atoms with Crippen molar-refractivity contribution in [2.45, 2.75) is 12.8 Å². The Balaban J connectivity index is 2.35. The largest absolute Gasteiger partial charge is 0.480 e. The van der Waals surface area contributed by atoms with Crippen LogP contribution >= 0.6 is 11.3 Å². The Morgan fingerprint density at radius 2 is 2.24 bits per heavy atom. The average Bonchev–Trinajstić information content (AvgIpc) is 2.88. The van der Waals surface area contributed by atoms with Crippen molar-refractivity contribution in [2.75, 3.05) is 0 Å². The molecule has 0 saturated heterocycles. The van der Waals surface area contributed by atoms with Gasteiger partial charge in [-0.1, -0.05) is 0 Å². The molecule has 5 heteroatoms. The van der Waals surface area contributed by atoms with Crippen LogP contribution in [0.3, 0.4) is 0 Å². The van der Waals surface area contributed by atoms with Crippen LogP contribution in [0.25, 0.3) is 0 Å². The Morgan fingerprint density at radius 3 is 2.71 bits per heavy atom. The minimum atomic E-state index is -1.26. The molecule has 17 heavy (non-hydrogen) atoms. The van der Waals surface area contributed by atoms with Gasteiger partial charge in [0.05, 0.1) is 11.1 Å². The first-order chi connectivity index (χ1) is 8.09. The summed E-state index contributed by atoms with van der Waals surface area (Å²) in [5, 5.41) is 10.9. The van der Waals surface area contributed by atoms with Crippen LogP contribution in [0.15, 0.2) is 34.3 Å². The Hall–Kier alpha value is -1.88. The first kappa shape index (κ1) is 11.6. The predicted octanol–water partition coefficient (Wildman–Crippen LogP) is 2.70. The number of hydrogen-bond donors (Lipinski definition) is 1. The highest BCUT2D eigenvalue weighted by Gasteiger charge is 2.32. The third-order valence-electron chi connectivity index (χ3n) is 2.31. The minimum Gasteiger partial charge on any atom is -0.480 e. The summed E-state index contributed by atoms with van der Waals surface area (Å²) in [7, 11) is 0. The van der Waals surface area contributed by atoms with E-state index in [4.69, 9.17) is 9.52 Å². The summed E-state index contributed by atoms with van der Waals surface area (Å²) in [6.45, 7) is 1.86. The van der Waals surface area contributed by atoms with Crippen molar-refractivity contribution in [3.63, 3.8) is 0 Å². The molecule has 2 heterocycles. The summed E-state index contributed by atoms with van der Waals surface area (Å²) < 4.78 is 5.01. The predicted molar refractivity (Wildman–Crippen MR) is 62.5 cm³/mol. The molecular weight excluding hydrogens is 240 g/mol. The van der Waals surface area contributed by atoms with Gasteiger partial charge in [-0.05, 0) is 36.1 Å². The maximum absolute atomic E-state index is 12.1. The lowest BCUT2D eigenvalue weighted by Crippen LogP contribution is -2.20. The first-order valence-corrected chi connectivity index (χ1v) is 5.83. The summed E-state index contributed by atoms with van der Waals surface area (Å²) in [5.74, 6) is -2.74. The number of carbonyl (C=O) groups excluding carboxylic acids is 1. The van der Waals surface area contributed by atoms with Crippen LogP contribution in [0.4, 0.5) is 0 Å². The van der Waals surface area contributed by atoms with Gasteiger partial charge in [0.2, 0.25) is 0 Å². The zero-order valence-electron chi connectivity index (χ0n) is 9.04. The topological polar surface area (TPSA) is 67.5 Å². The zero-order chi connectivity index (χ0) is 12.4. The van der Waals surface area contributed by atoms with Crippen LogP contribution < -0.4 is 0 Å². The van der Waals surface area contributed by atoms with E-state index in [0.29, 0.717) is 4.88 Å². The lowest BCUT2D eigenvalue weighted by molar-refractivity contribution is -0.137. The van der Waals surface area contributed by atoms with Crippen LogP contribution in [-0.4, -0.2) is 16.9 Å². The molecule has 2 aromatic rings. The number of thiophene rings is 1. The first-order valence-electron chi connectivity index (χ1n) is 4.95. The van der Waals surface area contributed by atoms with Crippen molar-refractivity contribution < 1.29 is 19.1 Å². The molecular formula is C12H10O4S. The zero-order valence-corrected chi connectivity index (χ0v) is 9.86. The fourth-order valence-corrected chi connectivity index (χ4v) is 2.39. The summed E-state index contributed by atoms with van der Waals surface area (Å²) >= 11 is 1.25. The highest BCUT2D eigenvalue weighted by Crippen LogP contribution is 2.25. The maximum atomic E-state index is 12.1. The van der Waals surface area contributed by atoms with Crippen LogP contribution in [0.1, 0.15) is 26.9 Å². The lowest BCUT2D eigenvalue weighted by Gasteiger charge is -2.06. The third-order valence-corrected chi connectivity index (χ3v) is 3.37. The Kier molecular flexibility index (Phi) is 3.10. The number of carbonyl (C=O) groups is 2. The highest BCUT2D eigenvalue weighted by atomic mass is 32.1. The molecule has 0 aliphatic carbocycles. The molecule has 0 aromatic carbocycles. The molecule has 2 aromatic heterocycles. The number of aryl methyl sites for hydroxylation is 1. The van der Waals surface area contributed by atoms with Crippen molar-refractivity contribution >= 4 is 23.1 Å². The van der Waals surface area contributed by atoms with Gasteiger partial charge in [-0.15, -0.1) is 11.3 Å². The molecule has 1 atom stereocenters. The van der Waals surface area contributed by atoms with Crippen molar-refractivity contribution in [3.8, 4) is 0 Å². The smallest absolute Gasteiger partial charge is 0.322 e. The number of ketones is 1. The monoisotopic (exact) mass is 250 g/mol. The number of carboxylic acid groups (broad SMARTS) is 1. The molecule has 4 nitrogen and oxygen atoms in total. The van der Waals surface area contributed by atoms with E-state index in [9.17, 15) is 9.59 Å². The number of furan rings is 1. The van der Waals surface area contributed by atoms with Crippen molar-refractivity contribution in [2.24, 2.45) is 0 Å². The summed E-state index contributed by atoms with van der Waals surface area (Å²) in [5.41, 5.74) is 0.946. The van der Waals surface area contributed by atoms with Gasteiger partial charge in [0, 0.05) is 0 Å². The van der Waals surface area contributed by atoms with E-state index in [1.807, 2.05) is 12.3 Å². The molecule has 0 spiro atoms. The van der Waals surface area contributed by atoms with Gasteiger partial charge in [0.1, 0.15) is 5.76 Å². The number of aliphatic carboxylic acids is 1. The van der Waals surface area contributed by atoms with Crippen molar-refractivity contribution in [1.29, 1.82) is 0 Å². The summed E-state index contributed by atoms with van der Waals surface area (Å²) in [6, 6.07) is 4.75. The number of hydrogen-bond acceptors (Lipinski definition) is 4. The van der Waals surface area contributed by atoms with Gasteiger partial charge in [0.15, 0.2) is 11.7 Å². The average molecular weight is 250 g/mol. The van der Waals surface area contributed by atoms with Crippen LogP contribution in [0, 0.1) is 6.92 Å².